The molecule has 2 fully saturated rings. The standard InChI is InChI=1S/C25H29N7/c26-23-21-9-10-32(24(21)30-15-29-23)20-8-6-16(11-20)1-2-17-5-7-19-14-28-25(31-22(19)12-17)27-13-18-3-4-18/h5,7,9-10,12,14-16,18,20H,1-4,6,8,11,13H2,(H2,26,29,30)(H,27,28,31). The number of fused-ring (bicyclic) bond motifs is 2. The lowest BCUT2D eigenvalue weighted by Gasteiger charge is -2.14. The van der Waals surface area contributed by atoms with Crippen molar-refractivity contribution in [2.45, 2.75) is 51.0 Å². The molecule has 32 heavy (non-hydrogen) atoms. The van der Waals surface area contributed by atoms with Gasteiger partial charge in [0.1, 0.15) is 17.8 Å². The van der Waals surface area contributed by atoms with Crippen LogP contribution in [-0.4, -0.2) is 31.0 Å². The molecule has 0 spiro atoms. The summed E-state index contributed by atoms with van der Waals surface area (Å²) >= 11 is 0. The van der Waals surface area contributed by atoms with E-state index in [2.05, 4.69) is 49.2 Å². The van der Waals surface area contributed by atoms with Gasteiger partial charge >= 0.3 is 0 Å². The number of hydrogen-bond donors (Lipinski definition) is 2. The molecule has 7 heteroatoms. The molecule has 7 nitrogen and oxygen atoms in total. The molecule has 3 N–H and O–H groups in total. The van der Waals surface area contributed by atoms with Gasteiger partial charge in [-0.2, -0.15) is 0 Å². The van der Waals surface area contributed by atoms with Crippen LogP contribution in [-0.2, 0) is 6.42 Å². The fourth-order valence-corrected chi connectivity index (χ4v) is 5.09. The van der Waals surface area contributed by atoms with E-state index in [1.807, 2.05) is 12.3 Å². The van der Waals surface area contributed by atoms with Crippen molar-refractivity contribution < 1.29 is 0 Å². The zero-order chi connectivity index (χ0) is 21.5. The van der Waals surface area contributed by atoms with Gasteiger partial charge in [-0.25, -0.2) is 19.9 Å². The van der Waals surface area contributed by atoms with Crippen LogP contribution in [0.3, 0.4) is 0 Å². The molecule has 0 aliphatic heterocycles. The van der Waals surface area contributed by atoms with Gasteiger partial charge < -0.3 is 15.6 Å². The van der Waals surface area contributed by atoms with Gasteiger partial charge in [0.05, 0.1) is 10.9 Å². The van der Waals surface area contributed by atoms with Gasteiger partial charge in [-0.3, -0.25) is 0 Å². The summed E-state index contributed by atoms with van der Waals surface area (Å²) in [4.78, 5) is 17.8. The molecule has 2 aliphatic carbocycles. The van der Waals surface area contributed by atoms with Gasteiger partial charge in [-0.05, 0) is 74.5 Å². The van der Waals surface area contributed by atoms with E-state index in [1.54, 1.807) is 6.33 Å². The second-order valence-electron chi connectivity index (χ2n) is 9.50. The third kappa shape index (κ3) is 3.87. The molecule has 1 aromatic carbocycles. The Balaban J connectivity index is 1.10. The molecule has 4 aromatic rings. The number of nitrogen functional groups attached to an aromatic ring is 1. The SMILES string of the molecule is Nc1ncnc2c1ccn2C1CCC(CCc2ccc3cnc(NCC4CC4)nc3c2)C1. The molecule has 0 amide bonds. The van der Waals surface area contributed by atoms with Crippen LogP contribution in [0.5, 0.6) is 0 Å². The average molecular weight is 428 g/mol. The van der Waals surface area contributed by atoms with Gasteiger partial charge in [-0.1, -0.05) is 12.1 Å². The molecule has 2 unspecified atom stereocenters. The number of anilines is 2. The Morgan fingerprint density at radius 2 is 1.94 bits per heavy atom. The van der Waals surface area contributed by atoms with E-state index in [4.69, 9.17) is 10.7 Å². The van der Waals surface area contributed by atoms with Crippen LogP contribution in [0.25, 0.3) is 21.9 Å². The highest BCUT2D eigenvalue weighted by atomic mass is 15.1. The highest BCUT2D eigenvalue weighted by molar-refractivity contribution is 5.86. The van der Waals surface area contributed by atoms with Crippen molar-refractivity contribution in [1.82, 2.24) is 24.5 Å². The summed E-state index contributed by atoms with van der Waals surface area (Å²) in [5.41, 5.74) is 9.37. The Hall–Kier alpha value is -3.22. The number of rotatable bonds is 7. The topological polar surface area (TPSA) is 94.5 Å². The van der Waals surface area contributed by atoms with E-state index >= 15 is 0 Å². The van der Waals surface area contributed by atoms with Crippen LogP contribution in [0.1, 0.15) is 50.1 Å². The van der Waals surface area contributed by atoms with Gasteiger partial charge in [0.15, 0.2) is 0 Å². The Morgan fingerprint density at radius 3 is 2.84 bits per heavy atom. The first-order chi connectivity index (χ1) is 15.7. The van der Waals surface area contributed by atoms with Crippen molar-refractivity contribution in [3.05, 3.63) is 48.5 Å². The molecular weight excluding hydrogens is 398 g/mol. The van der Waals surface area contributed by atoms with Crippen LogP contribution in [0, 0.1) is 11.8 Å². The zero-order valence-electron chi connectivity index (χ0n) is 18.2. The molecule has 2 atom stereocenters. The minimum atomic E-state index is 0.497. The van der Waals surface area contributed by atoms with E-state index in [0.29, 0.717) is 11.9 Å². The number of nitrogens with two attached hydrogens (primary N) is 1. The van der Waals surface area contributed by atoms with Gasteiger partial charge in [0.2, 0.25) is 5.95 Å². The number of benzene rings is 1. The zero-order valence-corrected chi connectivity index (χ0v) is 18.2. The Bertz CT molecular complexity index is 1260. The normalized spacial score (nSPS) is 20.9. The number of aryl methyl sites for hydroxylation is 1. The lowest BCUT2D eigenvalue weighted by molar-refractivity contribution is 0.461. The molecule has 0 radical (unpaired) electrons. The summed E-state index contributed by atoms with van der Waals surface area (Å²) in [5.74, 6) is 2.86. The van der Waals surface area contributed by atoms with Crippen LogP contribution >= 0.6 is 0 Å². The molecule has 2 saturated carbocycles. The molecule has 3 heterocycles. The lowest BCUT2D eigenvalue weighted by atomic mass is 9.97. The second kappa shape index (κ2) is 8.04. The maximum Gasteiger partial charge on any atom is 0.223 e. The smallest absolute Gasteiger partial charge is 0.223 e. The molecular formula is C25H29N7. The molecule has 2 aliphatic rings. The molecule has 6 rings (SSSR count). The van der Waals surface area contributed by atoms with E-state index < -0.39 is 0 Å². The third-order valence-corrected chi connectivity index (χ3v) is 7.18. The van der Waals surface area contributed by atoms with Gasteiger partial charge in [0, 0.05) is 30.4 Å². The van der Waals surface area contributed by atoms with Crippen LogP contribution in [0.15, 0.2) is 43.0 Å². The van der Waals surface area contributed by atoms with Crippen molar-refractivity contribution in [3.63, 3.8) is 0 Å². The largest absolute Gasteiger partial charge is 0.383 e. The number of hydrogen-bond acceptors (Lipinski definition) is 6. The van der Waals surface area contributed by atoms with Crippen LogP contribution in [0.4, 0.5) is 11.8 Å². The summed E-state index contributed by atoms with van der Waals surface area (Å²) in [5, 5.41) is 5.45. The molecule has 3 aromatic heterocycles. The molecule has 0 saturated heterocycles. The molecule has 164 valence electrons. The average Bonchev–Trinajstić information content (AvgIpc) is 3.34. The fraction of sp³-hybridized carbons (Fsp3) is 0.440. The van der Waals surface area contributed by atoms with E-state index in [1.165, 1.54) is 44.1 Å². The fourth-order valence-electron chi connectivity index (χ4n) is 5.09. The summed E-state index contributed by atoms with van der Waals surface area (Å²) in [6, 6.07) is 9.17. The summed E-state index contributed by atoms with van der Waals surface area (Å²) < 4.78 is 2.30. The Labute approximate surface area is 187 Å². The maximum absolute atomic E-state index is 6.01. The lowest BCUT2D eigenvalue weighted by Crippen LogP contribution is -2.07. The first-order valence-corrected chi connectivity index (χ1v) is 11.8. The summed E-state index contributed by atoms with van der Waals surface area (Å²) in [6.45, 7) is 0.989. The summed E-state index contributed by atoms with van der Waals surface area (Å²) in [7, 11) is 0. The van der Waals surface area contributed by atoms with Crippen molar-refractivity contribution in [1.29, 1.82) is 0 Å². The minimum Gasteiger partial charge on any atom is -0.383 e. The molecule has 0 bridgehead atoms. The monoisotopic (exact) mass is 427 g/mol. The van der Waals surface area contributed by atoms with Crippen molar-refractivity contribution >= 4 is 33.7 Å². The first-order valence-electron chi connectivity index (χ1n) is 11.8. The Kier molecular flexibility index (Phi) is 4.89. The van der Waals surface area contributed by atoms with Crippen molar-refractivity contribution in [2.24, 2.45) is 11.8 Å². The van der Waals surface area contributed by atoms with E-state index in [0.717, 1.165) is 52.7 Å². The van der Waals surface area contributed by atoms with Crippen LogP contribution < -0.4 is 11.1 Å². The maximum atomic E-state index is 6.01. The minimum absolute atomic E-state index is 0.497. The number of nitrogens with one attached hydrogen (secondary N) is 1. The first kappa shape index (κ1) is 19.5. The number of nitrogens with zero attached hydrogens (tertiary/aromatic N) is 5. The predicted octanol–water partition coefficient (Wildman–Crippen LogP) is 4.75. The predicted molar refractivity (Wildman–Crippen MR) is 127 cm³/mol. The highest BCUT2D eigenvalue weighted by Gasteiger charge is 2.27. The van der Waals surface area contributed by atoms with Crippen molar-refractivity contribution in [2.75, 3.05) is 17.6 Å². The Morgan fingerprint density at radius 1 is 1.03 bits per heavy atom. The van der Waals surface area contributed by atoms with Crippen LogP contribution in [0.2, 0.25) is 0 Å². The summed E-state index contributed by atoms with van der Waals surface area (Å²) in [6.07, 6.45) is 14.2. The number of aromatic nitrogens is 5. The second-order valence-corrected chi connectivity index (χ2v) is 9.50. The third-order valence-electron chi connectivity index (χ3n) is 7.18. The van der Waals surface area contributed by atoms with E-state index in [9.17, 15) is 0 Å². The van der Waals surface area contributed by atoms with E-state index in [-0.39, 0.29) is 0 Å². The van der Waals surface area contributed by atoms with Gasteiger partial charge in [0.25, 0.3) is 0 Å². The van der Waals surface area contributed by atoms with Crippen molar-refractivity contribution in [3.8, 4) is 0 Å². The van der Waals surface area contributed by atoms with Gasteiger partial charge in [-0.15, -0.1) is 0 Å². The quantitative estimate of drug-likeness (QED) is 0.442. The highest BCUT2D eigenvalue weighted by Crippen LogP contribution is 2.39.